The summed E-state index contributed by atoms with van der Waals surface area (Å²) < 4.78 is 18.6. The van der Waals surface area contributed by atoms with E-state index in [9.17, 15) is 4.79 Å². The molecule has 2 fully saturated rings. The van der Waals surface area contributed by atoms with Crippen LogP contribution in [-0.2, 0) is 14.0 Å². The maximum Gasteiger partial charge on any atom is 0.497 e. The molecular weight excluding hydrogens is 437 g/mol. The van der Waals surface area contributed by atoms with Crippen LogP contribution in [0.15, 0.2) is 16.7 Å². The molecule has 160 valence electrons. The standard InChI is InChI=1S/C20H31BBrN3O4/c1-18(2,3)27-17(26)25-10-8-24(9-11-25)16-12-15(22)14(13-23-16)21-28-19(4,5)20(6,7)29-21/h12-13H,8-11H2,1-7H3. The van der Waals surface area contributed by atoms with Gasteiger partial charge in [0.2, 0.25) is 0 Å². The summed E-state index contributed by atoms with van der Waals surface area (Å²) in [6.45, 7) is 16.4. The summed E-state index contributed by atoms with van der Waals surface area (Å²) in [6, 6.07) is 1.99. The lowest BCUT2D eigenvalue weighted by atomic mass is 9.80. The normalized spacial score (nSPS) is 21.4. The van der Waals surface area contributed by atoms with Crippen molar-refractivity contribution in [2.75, 3.05) is 31.1 Å². The largest absolute Gasteiger partial charge is 0.497 e. The molecule has 1 amide bonds. The molecule has 2 aliphatic heterocycles. The van der Waals surface area contributed by atoms with E-state index in [0.717, 1.165) is 15.8 Å². The maximum absolute atomic E-state index is 12.2. The first kappa shape index (κ1) is 22.4. The number of hydrogen-bond acceptors (Lipinski definition) is 6. The lowest BCUT2D eigenvalue weighted by molar-refractivity contribution is 0.00578. The van der Waals surface area contributed by atoms with E-state index in [4.69, 9.17) is 14.0 Å². The van der Waals surface area contributed by atoms with E-state index >= 15 is 0 Å². The SMILES string of the molecule is CC(C)(C)OC(=O)N1CCN(c2cc(Br)c(B3OC(C)(C)C(C)(C)O3)cn2)CC1. The van der Waals surface area contributed by atoms with E-state index in [1.165, 1.54) is 0 Å². The monoisotopic (exact) mass is 467 g/mol. The lowest BCUT2D eigenvalue weighted by Gasteiger charge is -2.36. The van der Waals surface area contributed by atoms with Gasteiger partial charge in [-0.25, -0.2) is 9.78 Å². The number of carbonyl (C=O) groups excluding carboxylic acids is 1. The van der Waals surface area contributed by atoms with Crippen LogP contribution >= 0.6 is 15.9 Å². The summed E-state index contributed by atoms with van der Waals surface area (Å²) in [5.74, 6) is 0.862. The fraction of sp³-hybridized carbons (Fsp3) is 0.700. The second-order valence-corrected chi connectivity index (χ2v) is 10.5. The third-order valence-electron chi connectivity index (χ3n) is 5.63. The molecule has 0 bridgehead atoms. The Morgan fingerprint density at radius 1 is 1.14 bits per heavy atom. The molecule has 0 aliphatic carbocycles. The highest BCUT2D eigenvalue weighted by Gasteiger charge is 2.52. The Kier molecular flexibility index (Phi) is 5.97. The molecule has 0 N–H and O–H groups in total. The van der Waals surface area contributed by atoms with Gasteiger partial charge in [-0.3, -0.25) is 0 Å². The average molecular weight is 468 g/mol. The Morgan fingerprint density at radius 2 is 1.69 bits per heavy atom. The Labute approximate surface area is 182 Å². The quantitative estimate of drug-likeness (QED) is 0.622. The summed E-state index contributed by atoms with van der Waals surface area (Å²) in [6.07, 6.45) is 1.55. The van der Waals surface area contributed by atoms with Crippen molar-refractivity contribution in [3.63, 3.8) is 0 Å². The fourth-order valence-electron chi connectivity index (χ4n) is 3.19. The number of amides is 1. The first-order valence-corrected chi connectivity index (χ1v) is 10.8. The Hall–Kier alpha value is -1.32. The zero-order chi connectivity index (χ0) is 21.6. The number of halogens is 1. The van der Waals surface area contributed by atoms with E-state index in [2.05, 4.69) is 25.8 Å². The first-order chi connectivity index (χ1) is 13.3. The molecule has 2 saturated heterocycles. The Bertz CT molecular complexity index is 757. The predicted octanol–water partition coefficient (Wildman–Crippen LogP) is 3.20. The number of pyridine rings is 1. The molecular formula is C20H31BBrN3O4. The topological polar surface area (TPSA) is 64.1 Å². The van der Waals surface area contributed by atoms with Crippen LogP contribution in [0.4, 0.5) is 10.6 Å². The molecule has 1 aromatic heterocycles. The van der Waals surface area contributed by atoms with Crippen molar-refractivity contribution < 1.29 is 18.8 Å². The van der Waals surface area contributed by atoms with E-state index in [1.807, 2.05) is 60.7 Å². The van der Waals surface area contributed by atoms with Crippen LogP contribution in [0.25, 0.3) is 0 Å². The van der Waals surface area contributed by atoms with Gasteiger partial charge < -0.3 is 23.8 Å². The minimum atomic E-state index is -0.482. The van der Waals surface area contributed by atoms with Crippen LogP contribution < -0.4 is 10.4 Å². The van der Waals surface area contributed by atoms with Crippen LogP contribution in [0.2, 0.25) is 0 Å². The minimum absolute atomic E-state index is 0.262. The van der Waals surface area contributed by atoms with E-state index in [0.29, 0.717) is 26.2 Å². The highest BCUT2D eigenvalue weighted by Crippen LogP contribution is 2.37. The van der Waals surface area contributed by atoms with E-state index in [-0.39, 0.29) is 6.09 Å². The van der Waals surface area contributed by atoms with Gasteiger partial charge >= 0.3 is 13.2 Å². The van der Waals surface area contributed by atoms with Crippen LogP contribution in [0.1, 0.15) is 48.5 Å². The highest BCUT2D eigenvalue weighted by atomic mass is 79.9. The highest BCUT2D eigenvalue weighted by molar-refractivity contribution is 9.10. The zero-order valence-electron chi connectivity index (χ0n) is 18.4. The van der Waals surface area contributed by atoms with Gasteiger partial charge in [0.15, 0.2) is 0 Å². The number of hydrogen-bond donors (Lipinski definition) is 0. The molecule has 0 aromatic carbocycles. The van der Waals surface area contributed by atoms with Crippen molar-refractivity contribution in [2.24, 2.45) is 0 Å². The van der Waals surface area contributed by atoms with Gasteiger partial charge in [-0.1, -0.05) is 15.9 Å². The van der Waals surface area contributed by atoms with Crippen molar-refractivity contribution in [1.29, 1.82) is 0 Å². The second kappa shape index (κ2) is 7.74. The number of nitrogens with zero attached hydrogens (tertiary/aromatic N) is 3. The number of rotatable bonds is 2. The van der Waals surface area contributed by atoms with Crippen molar-refractivity contribution in [1.82, 2.24) is 9.88 Å². The van der Waals surface area contributed by atoms with Gasteiger partial charge in [-0.15, -0.1) is 0 Å². The number of aromatic nitrogens is 1. The fourth-order valence-corrected chi connectivity index (χ4v) is 3.69. The first-order valence-electron chi connectivity index (χ1n) is 10.0. The van der Waals surface area contributed by atoms with E-state index < -0.39 is 23.9 Å². The van der Waals surface area contributed by atoms with Gasteiger partial charge in [-0.05, 0) is 54.5 Å². The van der Waals surface area contributed by atoms with E-state index in [1.54, 1.807) is 4.90 Å². The minimum Gasteiger partial charge on any atom is -0.444 e. The molecule has 0 atom stereocenters. The molecule has 0 saturated carbocycles. The van der Waals surface area contributed by atoms with Gasteiger partial charge in [0.05, 0.1) is 11.2 Å². The van der Waals surface area contributed by atoms with Gasteiger partial charge in [0.1, 0.15) is 11.4 Å². The smallest absolute Gasteiger partial charge is 0.444 e. The molecule has 7 nitrogen and oxygen atoms in total. The van der Waals surface area contributed by atoms with Crippen LogP contribution in [0, 0.1) is 0 Å². The van der Waals surface area contributed by atoms with Crippen LogP contribution in [-0.4, -0.2) is 66.1 Å². The van der Waals surface area contributed by atoms with Crippen molar-refractivity contribution >= 4 is 40.4 Å². The average Bonchev–Trinajstić information content (AvgIpc) is 2.81. The second-order valence-electron chi connectivity index (χ2n) is 9.61. The third-order valence-corrected chi connectivity index (χ3v) is 6.32. The molecule has 0 radical (unpaired) electrons. The Morgan fingerprint density at radius 3 is 2.17 bits per heavy atom. The van der Waals surface area contributed by atoms with Crippen LogP contribution in [0.3, 0.4) is 0 Å². The van der Waals surface area contributed by atoms with Gasteiger partial charge in [0.25, 0.3) is 0 Å². The summed E-state index contributed by atoms with van der Waals surface area (Å²) in [4.78, 5) is 20.8. The Balaban J connectivity index is 1.64. The predicted molar refractivity (Wildman–Crippen MR) is 118 cm³/mol. The molecule has 3 rings (SSSR count). The molecule has 2 aliphatic rings. The summed E-state index contributed by atoms with van der Waals surface area (Å²) in [5.41, 5.74) is -0.397. The van der Waals surface area contributed by atoms with Gasteiger partial charge in [-0.2, -0.15) is 0 Å². The summed E-state index contributed by atoms with van der Waals surface area (Å²) in [5, 5.41) is 0. The molecule has 1 aromatic rings. The third kappa shape index (κ3) is 4.89. The zero-order valence-corrected chi connectivity index (χ0v) is 20.0. The van der Waals surface area contributed by atoms with Crippen molar-refractivity contribution in [3.05, 3.63) is 16.7 Å². The lowest BCUT2D eigenvalue weighted by Crippen LogP contribution is -2.50. The maximum atomic E-state index is 12.2. The molecule has 0 unspecified atom stereocenters. The molecule has 9 heteroatoms. The number of piperazine rings is 1. The van der Waals surface area contributed by atoms with Crippen molar-refractivity contribution in [2.45, 2.75) is 65.3 Å². The van der Waals surface area contributed by atoms with Gasteiger partial charge in [0, 0.05) is 42.3 Å². The number of carbonyl (C=O) groups is 1. The summed E-state index contributed by atoms with van der Waals surface area (Å²) >= 11 is 3.66. The molecule has 0 spiro atoms. The molecule has 3 heterocycles. The number of anilines is 1. The van der Waals surface area contributed by atoms with Crippen molar-refractivity contribution in [3.8, 4) is 0 Å². The van der Waals surface area contributed by atoms with Crippen LogP contribution in [0.5, 0.6) is 0 Å². The number of ether oxygens (including phenoxy) is 1. The summed E-state index contributed by atoms with van der Waals surface area (Å²) in [7, 11) is -0.458. The molecule has 29 heavy (non-hydrogen) atoms.